The van der Waals surface area contributed by atoms with E-state index in [4.69, 9.17) is 0 Å². The van der Waals surface area contributed by atoms with Crippen molar-refractivity contribution in [2.75, 3.05) is 44.2 Å². The van der Waals surface area contributed by atoms with E-state index in [1.165, 1.54) is 12.1 Å². The highest BCUT2D eigenvalue weighted by Gasteiger charge is 2.36. The average Bonchev–Trinajstić information content (AvgIpc) is 3.14. The number of piperazine rings is 1. The van der Waals surface area contributed by atoms with E-state index in [0.717, 1.165) is 55.1 Å². The molecule has 7 heteroatoms. The van der Waals surface area contributed by atoms with E-state index in [-0.39, 0.29) is 18.0 Å². The number of aliphatic hydroxyl groups is 1. The van der Waals surface area contributed by atoms with Crippen LogP contribution in [0, 0.1) is 5.82 Å². The second kappa shape index (κ2) is 8.26. The van der Waals surface area contributed by atoms with Crippen LogP contribution in [-0.2, 0) is 6.54 Å². The number of hydrogen-bond donors (Lipinski definition) is 1. The van der Waals surface area contributed by atoms with Crippen LogP contribution in [0.5, 0.6) is 0 Å². The van der Waals surface area contributed by atoms with Crippen LogP contribution in [0.1, 0.15) is 5.69 Å². The van der Waals surface area contributed by atoms with E-state index in [9.17, 15) is 9.50 Å². The van der Waals surface area contributed by atoms with Crippen molar-refractivity contribution in [2.24, 2.45) is 0 Å². The maximum atomic E-state index is 13.4. The Balaban J connectivity index is 1.20. The fraction of sp³-hybridized carbons (Fsp3) is 0.391. The lowest BCUT2D eigenvalue weighted by atomic mass is 10.1. The molecule has 2 aliphatic heterocycles. The smallest absolute Gasteiger partial charge is 0.128 e. The summed E-state index contributed by atoms with van der Waals surface area (Å²) >= 11 is 0. The molecule has 3 aromatic rings. The molecule has 0 aliphatic carbocycles. The molecule has 0 spiro atoms. The second-order valence-corrected chi connectivity index (χ2v) is 8.18. The predicted octanol–water partition coefficient (Wildman–Crippen LogP) is 2.14. The maximum Gasteiger partial charge on any atom is 0.128 e. The van der Waals surface area contributed by atoms with Crippen molar-refractivity contribution in [1.82, 2.24) is 19.8 Å². The molecule has 4 heterocycles. The number of halogens is 1. The van der Waals surface area contributed by atoms with Gasteiger partial charge in [0.05, 0.1) is 17.3 Å². The molecule has 2 aliphatic rings. The Bertz CT molecular complexity index is 1010. The van der Waals surface area contributed by atoms with Gasteiger partial charge >= 0.3 is 0 Å². The highest BCUT2D eigenvalue weighted by molar-refractivity contribution is 5.78. The van der Waals surface area contributed by atoms with Gasteiger partial charge in [-0.25, -0.2) is 9.37 Å². The Labute approximate surface area is 175 Å². The number of aliphatic hydroxyl groups excluding tert-OH is 1. The lowest BCUT2D eigenvalue weighted by molar-refractivity contribution is 0.0790. The Kier molecular flexibility index (Phi) is 5.33. The van der Waals surface area contributed by atoms with Crippen molar-refractivity contribution in [3.05, 3.63) is 66.2 Å². The molecule has 0 amide bonds. The minimum absolute atomic E-state index is 0.144. The van der Waals surface area contributed by atoms with Gasteiger partial charge in [-0.3, -0.25) is 14.8 Å². The van der Waals surface area contributed by atoms with Crippen LogP contribution in [-0.4, -0.2) is 76.3 Å². The summed E-state index contributed by atoms with van der Waals surface area (Å²) in [4.78, 5) is 16.1. The molecular weight excluding hydrogens is 381 g/mol. The molecule has 156 valence electrons. The molecule has 5 rings (SSSR count). The first kappa shape index (κ1) is 19.4. The number of likely N-dealkylation sites (tertiary alicyclic amines) is 1. The predicted molar refractivity (Wildman–Crippen MR) is 115 cm³/mol. The fourth-order valence-corrected chi connectivity index (χ4v) is 4.61. The number of hydrogen-bond acceptors (Lipinski definition) is 6. The van der Waals surface area contributed by atoms with Gasteiger partial charge in [-0.1, -0.05) is 12.1 Å². The second-order valence-electron chi connectivity index (χ2n) is 8.18. The summed E-state index contributed by atoms with van der Waals surface area (Å²) in [5.41, 5.74) is 1.75. The van der Waals surface area contributed by atoms with Crippen LogP contribution in [0.4, 0.5) is 10.2 Å². The van der Waals surface area contributed by atoms with E-state index >= 15 is 0 Å². The molecule has 0 unspecified atom stereocenters. The number of β-amino-alcohol motifs (C(OH)–C–C–N with tert-alkyl or cyclic N) is 1. The lowest BCUT2D eigenvalue weighted by Crippen LogP contribution is -2.53. The Morgan fingerprint density at radius 2 is 1.87 bits per heavy atom. The number of anilines is 1. The van der Waals surface area contributed by atoms with Gasteiger partial charge in [-0.05, 0) is 36.4 Å². The molecule has 0 bridgehead atoms. The summed E-state index contributed by atoms with van der Waals surface area (Å²) in [6.07, 6.45) is 1.47. The minimum Gasteiger partial charge on any atom is -0.390 e. The third-order valence-corrected chi connectivity index (χ3v) is 6.19. The van der Waals surface area contributed by atoms with Crippen molar-refractivity contribution < 1.29 is 9.50 Å². The van der Waals surface area contributed by atoms with Crippen molar-refractivity contribution in [3.63, 3.8) is 0 Å². The molecule has 2 atom stereocenters. The van der Waals surface area contributed by atoms with E-state index in [1.54, 1.807) is 6.07 Å². The Morgan fingerprint density at radius 3 is 2.67 bits per heavy atom. The van der Waals surface area contributed by atoms with E-state index in [0.29, 0.717) is 13.1 Å². The number of pyridine rings is 2. The van der Waals surface area contributed by atoms with E-state index < -0.39 is 0 Å². The first-order valence-corrected chi connectivity index (χ1v) is 10.5. The summed E-state index contributed by atoms with van der Waals surface area (Å²) in [5.74, 6) is 0.777. The number of nitrogens with zero attached hydrogens (tertiary/aromatic N) is 5. The van der Waals surface area contributed by atoms with E-state index in [2.05, 4.69) is 24.7 Å². The van der Waals surface area contributed by atoms with Crippen LogP contribution >= 0.6 is 0 Å². The first-order valence-electron chi connectivity index (χ1n) is 10.5. The van der Waals surface area contributed by atoms with Crippen molar-refractivity contribution >= 4 is 16.7 Å². The van der Waals surface area contributed by atoms with Crippen LogP contribution in [0.3, 0.4) is 0 Å². The standard InChI is InChI=1S/C23H26FN5O/c24-18-5-7-20-17(13-18)4-6-19(26-20)14-27-15-21(22(30)16-27)28-9-11-29(12-10-28)23-3-1-2-8-25-23/h1-8,13,21-22,30H,9-12,14-16H2/t21-,22-/m1/s1. The minimum atomic E-state index is -0.360. The Hall–Kier alpha value is -2.61. The van der Waals surface area contributed by atoms with E-state index in [1.807, 2.05) is 36.5 Å². The molecule has 2 saturated heterocycles. The molecule has 30 heavy (non-hydrogen) atoms. The first-order chi connectivity index (χ1) is 14.7. The summed E-state index contributed by atoms with van der Waals surface area (Å²) < 4.78 is 13.4. The van der Waals surface area contributed by atoms with Gasteiger partial charge < -0.3 is 10.0 Å². The average molecular weight is 407 g/mol. The molecule has 0 radical (unpaired) electrons. The van der Waals surface area contributed by atoms with Gasteiger partial charge in [0.15, 0.2) is 0 Å². The molecule has 2 fully saturated rings. The quantitative estimate of drug-likeness (QED) is 0.715. The number of fused-ring (bicyclic) bond motifs is 1. The lowest BCUT2D eigenvalue weighted by Gasteiger charge is -2.39. The topological polar surface area (TPSA) is 55.7 Å². The summed E-state index contributed by atoms with van der Waals surface area (Å²) in [6, 6.07) is 14.7. The van der Waals surface area contributed by atoms with Gasteiger partial charge in [-0.2, -0.15) is 0 Å². The molecular formula is C23H26FN5O. The molecule has 1 N–H and O–H groups in total. The van der Waals surface area contributed by atoms with Gasteiger partial charge in [0.2, 0.25) is 0 Å². The zero-order valence-electron chi connectivity index (χ0n) is 16.9. The monoisotopic (exact) mass is 407 g/mol. The molecule has 1 aromatic carbocycles. The van der Waals surface area contributed by atoms with Crippen LogP contribution < -0.4 is 4.90 Å². The van der Waals surface area contributed by atoms with Crippen molar-refractivity contribution in [2.45, 2.75) is 18.7 Å². The summed E-state index contributed by atoms with van der Waals surface area (Å²) in [6.45, 7) is 5.85. The summed E-state index contributed by atoms with van der Waals surface area (Å²) in [5, 5.41) is 11.5. The van der Waals surface area contributed by atoms with Gasteiger partial charge in [0.1, 0.15) is 11.6 Å². The van der Waals surface area contributed by atoms with Crippen LogP contribution in [0.2, 0.25) is 0 Å². The Morgan fingerprint density at radius 1 is 1.00 bits per heavy atom. The van der Waals surface area contributed by atoms with Crippen molar-refractivity contribution in [1.29, 1.82) is 0 Å². The highest BCUT2D eigenvalue weighted by atomic mass is 19.1. The number of rotatable bonds is 4. The third kappa shape index (κ3) is 4.01. The van der Waals surface area contributed by atoms with Crippen LogP contribution in [0.15, 0.2) is 54.7 Å². The normalized spacial score (nSPS) is 23.3. The SMILES string of the molecule is O[C@@H]1CN(Cc2ccc3cc(F)ccc3n2)C[C@H]1N1CCN(c2ccccn2)CC1. The van der Waals surface area contributed by atoms with Gasteiger partial charge in [0, 0.05) is 63.4 Å². The van der Waals surface area contributed by atoms with Gasteiger partial charge in [0.25, 0.3) is 0 Å². The third-order valence-electron chi connectivity index (χ3n) is 6.19. The molecule has 0 saturated carbocycles. The number of benzene rings is 1. The number of aromatic nitrogens is 2. The van der Waals surface area contributed by atoms with Crippen molar-refractivity contribution in [3.8, 4) is 0 Å². The largest absolute Gasteiger partial charge is 0.390 e. The van der Waals surface area contributed by atoms with Crippen LogP contribution in [0.25, 0.3) is 10.9 Å². The molecule has 2 aromatic heterocycles. The maximum absolute atomic E-state index is 13.4. The zero-order chi connectivity index (χ0) is 20.5. The highest BCUT2D eigenvalue weighted by Crippen LogP contribution is 2.22. The fourth-order valence-electron chi connectivity index (χ4n) is 4.61. The van der Waals surface area contributed by atoms with Gasteiger partial charge in [-0.15, -0.1) is 0 Å². The zero-order valence-corrected chi connectivity index (χ0v) is 16.9. The summed E-state index contributed by atoms with van der Waals surface area (Å²) in [7, 11) is 0. The molecule has 6 nitrogen and oxygen atoms in total.